The molecule has 0 radical (unpaired) electrons. The summed E-state index contributed by atoms with van der Waals surface area (Å²) >= 11 is 0. The maximum atomic E-state index is 9.97. The third-order valence-corrected chi connectivity index (χ3v) is 5.42. The number of unbranched alkanes of at least 4 members (excludes halogenated alkanes) is 1. The van der Waals surface area contributed by atoms with E-state index in [0.717, 1.165) is 56.9 Å². The lowest BCUT2D eigenvalue weighted by molar-refractivity contribution is -0.0543. The van der Waals surface area contributed by atoms with Crippen LogP contribution in [0.5, 0.6) is 0 Å². The van der Waals surface area contributed by atoms with Gasteiger partial charge in [-0.25, -0.2) is 4.98 Å². The third kappa shape index (κ3) is 3.02. The van der Waals surface area contributed by atoms with Crippen molar-refractivity contribution in [2.45, 2.75) is 39.5 Å². The molecule has 2 atom stereocenters. The quantitative estimate of drug-likeness (QED) is 0.856. The first-order chi connectivity index (χ1) is 11.1. The average molecular weight is 320 g/mol. The summed E-state index contributed by atoms with van der Waals surface area (Å²) in [5.41, 5.74) is 7.93. The van der Waals surface area contributed by atoms with Crippen LogP contribution in [0.15, 0.2) is 0 Å². The minimum Gasteiger partial charge on any atom is -0.396 e. The Morgan fingerprint density at radius 3 is 2.96 bits per heavy atom. The Kier molecular flexibility index (Phi) is 4.73. The molecule has 3 N–H and O–H groups in total. The Bertz CT molecular complexity index is 566. The topological polar surface area (TPSA) is 84.5 Å². The first-order valence-corrected chi connectivity index (χ1v) is 8.66. The molecular weight excluding hydrogens is 292 g/mol. The van der Waals surface area contributed by atoms with Crippen LogP contribution in [0.25, 0.3) is 0 Å². The van der Waals surface area contributed by atoms with Crippen LogP contribution in [-0.4, -0.2) is 48.0 Å². The van der Waals surface area contributed by atoms with E-state index in [-0.39, 0.29) is 12.0 Å². The number of aliphatic hydroxyl groups is 1. The minimum atomic E-state index is -0.159. The average Bonchev–Trinajstić information content (AvgIpc) is 2.93. The van der Waals surface area contributed by atoms with E-state index < -0.39 is 0 Å². The number of aryl methyl sites for hydroxylation is 1. The first kappa shape index (κ1) is 16.5. The first-order valence-electron chi connectivity index (χ1n) is 8.66. The summed E-state index contributed by atoms with van der Waals surface area (Å²) in [6.07, 6.45) is 4.23. The number of aliphatic hydroxyl groups excluding tert-OH is 1. The maximum absolute atomic E-state index is 9.97. The number of rotatable bonds is 5. The van der Waals surface area contributed by atoms with Gasteiger partial charge in [0.15, 0.2) is 0 Å². The number of nitrogens with zero attached hydrogens (tertiary/aromatic N) is 3. The number of nitrogen functional groups attached to an aromatic ring is 1. The molecule has 2 saturated heterocycles. The molecule has 1 aromatic rings. The van der Waals surface area contributed by atoms with Crippen molar-refractivity contribution < 1.29 is 9.84 Å². The molecule has 1 aromatic heterocycles. The van der Waals surface area contributed by atoms with Crippen LogP contribution >= 0.6 is 0 Å². The van der Waals surface area contributed by atoms with Gasteiger partial charge in [0.2, 0.25) is 5.95 Å². The van der Waals surface area contributed by atoms with Gasteiger partial charge in [-0.05, 0) is 32.1 Å². The second-order valence-electron chi connectivity index (χ2n) is 7.01. The molecule has 0 unspecified atom stereocenters. The van der Waals surface area contributed by atoms with Gasteiger partial charge in [0, 0.05) is 36.4 Å². The van der Waals surface area contributed by atoms with Crippen molar-refractivity contribution in [3.8, 4) is 0 Å². The SMILES string of the molecule is CCCCc1c(C)nc(N)nc1N1C[C@@H]2CCOC[C@]2(CO)C1. The molecule has 6 heteroatoms. The van der Waals surface area contributed by atoms with Gasteiger partial charge in [-0.1, -0.05) is 13.3 Å². The van der Waals surface area contributed by atoms with Crippen LogP contribution in [0.4, 0.5) is 11.8 Å². The largest absolute Gasteiger partial charge is 0.396 e. The minimum absolute atomic E-state index is 0.159. The Balaban J connectivity index is 1.92. The van der Waals surface area contributed by atoms with Crippen LogP contribution in [0, 0.1) is 18.3 Å². The van der Waals surface area contributed by atoms with E-state index in [9.17, 15) is 5.11 Å². The van der Waals surface area contributed by atoms with Gasteiger partial charge in [0.05, 0.1) is 13.2 Å². The predicted octanol–water partition coefficient (Wildman–Crippen LogP) is 1.55. The predicted molar refractivity (Wildman–Crippen MR) is 90.5 cm³/mol. The Morgan fingerprint density at radius 1 is 1.43 bits per heavy atom. The monoisotopic (exact) mass is 320 g/mol. The molecule has 3 rings (SSSR count). The number of fused-ring (bicyclic) bond motifs is 1. The molecule has 0 amide bonds. The number of aromatic nitrogens is 2. The summed E-state index contributed by atoms with van der Waals surface area (Å²) in [6.45, 7) is 7.48. The summed E-state index contributed by atoms with van der Waals surface area (Å²) in [5, 5.41) is 9.97. The summed E-state index contributed by atoms with van der Waals surface area (Å²) in [5.74, 6) is 1.75. The van der Waals surface area contributed by atoms with Crippen molar-refractivity contribution in [3.63, 3.8) is 0 Å². The van der Waals surface area contributed by atoms with E-state index in [1.54, 1.807) is 0 Å². The molecule has 23 heavy (non-hydrogen) atoms. The van der Waals surface area contributed by atoms with Crippen molar-refractivity contribution in [1.82, 2.24) is 9.97 Å². The van der Waals surface area contributed by atoms with Crippen molar-refractivity contribution >= 4 is 11.8 Å². The van der Waals surface area contributed by atoms with Gasteiger partial charge < -0.3 is 20.5 Å². The normalized spacial score (nSPS) is 27.3. The van der Waals surface area contributed by atoms with E-state index in [4.69, 9.17) is 10.5 Å². The molecule has 0 aromatic carbocycles. The van der Waals surface area contributed by atoms with Gasteiger partial charge in [0.25, 0.3) is 0 Å². The Hall–Kier alpha value is -1.40. The van der Waals surface area contributed by atoms with Crippen molar-refractivity contribution in [2.75, 3.05) is 43.5 Å². The second kappa shape index (κ2) is 6.61. The lowest BCUT2D eigenvalue weighted by Gasteiger charge is -2.36. The summed E-state index contributed by atoms with van der Waals surface area (Å²) in [6, 6.07) is 0. The number of hydrogen-bond acceptors (Lipinski definition) is 6. The summed E-state index contributed by atoms with van der Waals surface area (Å²) in [7, 11) is 0. The van der Waals surface area contributed by atoms with Gasteiger partial charge in [-0.15, -0.1) is 0 Å². The number of hydrogen-bond donors (Lipinski definition) is 2. The smallest absolute Gasteiger partial charge is 0.222 e. The summed E-state index contributed by atoms with van der Waals surface area (Å²) in [4.78, 5) is 11.2. The standard InChI is InChI=1S/C17H28N4O2/c1-3-4-5-14-12(2)19-16(18)20-15(14)21-8-13-6-7-23-11-17(13,9-21)10-22/h13,22H,3-11H2,1-2H3,(H2,18,19,20)/t13-,17+/m0/s1. The van der Waals surface area contributed by atoms with Gasteiger partial charge >= 0.3 is 0 Å². The summed E-state index contributed by atoms with van der Waals surface area (Å²) < 4.78 is 5.66. The van der Waals surface area contributed by atoms with E-state index in [1.807, 2.05) is 6.92 Å². The van der Waals surface area contributed by atoms with E-state index in [1.165, 1.54) is 5.56 Å². The fraction of sp³-hybridized carbons (Fsp3) is 0.765. The highest BCUT2D eigenvalue weighted by Gasteiger charge is 2.48. The second-order valence-corrected chi connectivity index (χ2v) is 7.01. The molecule has 6 nitrogen and oxygen atoms in total. The van der Waals surface area contributed by atoms with E-state index in [0.29, 0.717) is 18.5 Å². The van der Waals surface area contributed by atoms with Crippen LogP contribution in [0.3, 0.4) is 0 Å². The van der Waals surface area contributed by atoms with Crippen molar-refractivity contribution in [1.29, 1.82) is 0 Å². The van der Waals surface area contributed by atoms with Crippen molar-refractivity contribution in [2.24, 2.45) is 11.3 Å². The highest BCUT2D eigenvalue weighted by molar-refractivity contribution is 5.53. The molecular formula is C17H28N4O2. The molecule has 0 aliphatic carbocycles. The molecule has 2 aliphatic rings. The van der Waals surface area contributed by atoms with Crippen LogP contribution in [0.1, 0.15) is 37.4 Å². The van der Waals surface area contributed by atoms with Gasteiger partial charge in [0.1, 0.15) is 5.82 Å². The highest BCUT2D eigenvalue weighted by atomic mass is 16.5. The molecule has 0 spiro atoms. The van der Waals surface area contributed by atoms with Crippen LogP contribution < -0.4 is 10.6 Å². The lowest BCUT2D eigenvalue weighted by atomic mass is 9.76. The third-order valence-electron chi connectivity index (χ3n) is 5.42. The highest BCUT2D eigenvalue weighted by Crippen LogP contribution is 2.43. The molecule has 2 fully saturated rings. The lowest BCUT2D eigenvalue weighted by Crippen LogP contribution is -2.43. The van der Waals surface area contributed by atoms with Crippen LogP contribution in [-0.2, 0) is 11.2 Å². The zero-order valence-electron chi connectivity index (χ0n) is 14.2. The fourth-order valence-electron chi connectivity index (χ4n) is 3.99. The molecule has 2 aliphatic heterocycles. The molecule has 0 saturated carbocycles. The van der Waals surface area contributed by atoms with Gasteiger partial charge in [-0.2, -0.15) is 4.98 Å². The molecule has 0 bridgehead atoms. The maximum Gasteiger partial charge on any atom is 0.222 e. The number of ether oxygens (including phenoxy) is 1. The van der Waals surface area contributed by atoms with Gasteiger partial charge in [-0.3, -0.25) is 0 Å². The number of nitrogens with two attached hydrogens (primary N) is 1. The molecule has 3 heterocycles. The fourth-order valence-corrected chi connectivity index (χ4v) is 3.99. The van der Waals surface area contributed by atoms with Crippen molar-refractivity contribution in [3.05, 3.63) is 11.3 Å². The van der Waals surface area contributed by atoms with Crippen LogP contribution in [0.2, 0.25) is 0 Å². The Morgan fingerprint density at radius 2 is 2.26 bits per heavy atom. The Labute approximate surface area is 138 Å². The number of anilines is 2. The van der Waals surface area contributed by atoms with E-state index >= 15 is 0 Å². The van der Waals surface area contributed by atoms with E-state index in [2.05, 4.69) is 21.8 Å². The molecule has 128 valence electrons. The zero-order valence-corrected chi connectivity index (χ0v) is 14.2. The zero-order chi connectivity index (χ0) is 16.4.